The number of amides is 1. The minimum atomic E-state index is -0.702. The second kappa shape index (κ2) is 6.99. The molecule has 0 aromatic heterocycles. The summed E-state index contributed by atoms with van der Waals surface area (Å²) in [5, 5.41) is 11.9. The van der Waals surface area contributed by atoms with Gasteiger partial charge in [0.15, 0.2) is 0 Å². The van der Waals surface area contributed by atoms with Crippen LogP contribution in [0, 0.1) is 17.1 Å². The van der Waals surface area contributed by atoms with E-state index in [1.54, 1.807) is 6.08 Å². The average Bonchev–Trinajstić information content (AvgIpc) is 2.71. The summed E-state index contributed by atoms with van der Waals surface area (Å²) in [7, 11) is -0.702. The molecule has 0 bridgehead atoms. The number of hydrogen-bond donors (Lipinski definition) is 1. The monoisotopic (exact) mass is 344 g/mol. The van der Waals surface area contributed by atoms with Crippen LogP contribution in [0.15, 0.2) is 23.7 Å². The molecule has 1 saturated heterocycles. The van der Waals surface area contributed by atoms with Gasteiger partial charge >= 0.3 is 7.12 Å². The molecule has 0 unspecified atom stereocenters. The van der Waals surface area contributed by atoms with Gasteiger partial charge in [-0.3, -0.25) is 4.79 Å². The van der Waals surface area contributed by atoms with Crippen molar-refractivity contribution >= 4 is 19.1 Å². The SMILES string of the molecule is CC(=O)NCC(=Cc1cc(F)ccc1C#N)B1OC(C)(C)C(C)(C)O1. The van der Waals surface area contributed by atoms with Gasteiger partial charge < -0.3 is 14.6 Å². The van der Waals surface area contributed by atoms with Crippen LogP contribution in [0.1, 0.15) is 45.7 Å². The Bertz CT molecular complexity index is 737. The van der Waals surface area contributed by atoms with Crippen molar-refractivity contribution in [2.75, 3.05) is 6.54 Å². The Morgan fingerprint density at radius 1 is 1.32 bits per heavy atom. The van der Waals surface area contributed by atoms with Crippen LogP contribution in [0.2, 0.25) is 0 Å². The zero-order valence-electron chi connectivity index (χ0n) is 15.1. The van der Waals surface area contributed by atoms with E-state index in [0.29, 0.717) is 16.6 Å². The van der Waals surface area contributed by atoms with Crippen LogP contribution in [0.5, 0.6) is 0 Å². The fraction of sp³-hybridized carbons (Fsp3) is 0.444. The Balaban J connectivity index is 2.42. The third-order valence-corrected chi connectivity index (χ3v) is 4.57. The lowest BCUT2D eigenvalue weighted by Crippen LogP contribution is -2.41. The number of rotatable bonds is 4. The van der Waals surface area contributed by atoms with Gasteiger partial charge in [-0.05, 0) is 56.9 Å². The Hall–Kier alpha value is -2.17. The predicted molar refractivity (Wildman–Crippen MR) is 93.9 cm³/mol. The molecule has 1 N–H and O–H groups in total. The maximum atomic E-state index is 13.6. The minimum absolute atomic E-state index is 0.174. The quantitative estimate of drug-likeness (QED) is 0.853. The summed E-state index contributed by atoms with van der Waals surface area (Å²) in [4.78, 5) is 11.3. The van der Waals surface area contributed by atoms with E-state index < -0.39 is 24.1 Å². The average molecular weight is 344 g/mol. The van der Waals surface area contributed by atoms with Crippen LogP contribution >= 0.6 is 0 Å². The topological polar surface area (TPSA) is 71.4 Å². The molecule has 1 fully saturated rings. The fourth-order valence-electron chi connectivity index (χ4n) is 2.38. The maximum Gasteiger partial charge on any atom is 0.492 e. The van der Waals surface area contributed by atoms with Crippen LogP contribution in [-0.4, -0.2) is 30.8 Å². The van der Waals surface area contributed by atoms with Crippen molar-refractivity contribution in [2.45, 2.75) is 45.8 Å². The Kier molecular flexibility index (Phi) is 5.35. The van der Waals surface area contributed by atoms with Crippen molar-refractivity contribution in [1.29, 1.82) is 5.26 Å². The zero-order chi connectivity index (χ0) is 18.8. The van der Waals surface area contributed by atoms with Gasteiger partial charge in [0.25, 0.3) is 0 Å². The molecule has 0 saturated carbocycles. The fourth-order valence-corrected chi connectivity index (χ4v) is 2.38. The maximum absolute atomic E-state index is 13.6. The first-order valence-electron chi connectivity index (χ1n) is 8.06. The van der Waals surface area contributed by atoms with Crippen LogP contribution in [0.25, 0.3) is 6.08 Å². The third-order valence-electron chi connectivity index (χ3n) is 4.57. The summed E-state index contributed by atoms with van der Waals surface area (Å²) in [5.41, 5.74) is 0.256. The lowest BCUT2D eigenvalue weighted by atomic mass is 9.76. The number of hydrogen-bond acceptors (Lipinski definition) is 4. The number of benzene rings is 1. The molecule has 0 atom stereocenters. The molecule has 1 heterocycles. The molecule has 1 amide bonds. The van der Waals surface area contributed by atoms with Gasteiger partial charge in [0.1, 0.15) is 5.82 Å². The second-order valence-electron chi connectivity index (χ2n) is 7.06. The van der Waals surface area contributed by atoms with E-state index in [-0.39, 0.29) is 12.5 Å². The molecule has 0 spiro atoms. The van der Waals surface area contributed by atoms with Gasteiger partial charge in [0.2, 0.25) is 5.91 Å². The van der Waals surface area contributed by atoms with Crippen molar-refractivity contribution in [3.8, 4) is 6.07 Å². The normalized spacial score (nSPS) is 18.8. The van der Waals surface area contributed by atoms with Crippen molar-refractivity contribution in [3.63, 3.8) is 0 Å². The van der Waals surface area contributed by atoms with E-state index in [4.69, 9.17) is 9.31 Å². The minimum Gasteiger partial charge on any atom is -0.400 e. The Morgan fingerprint density at radius 3 is 2.44 bits per heavy atom. The number of carbonyl (C=O) groups is 1. The van der Waals surface area contributed by atoms with Crippen LogP contribution in [0.3, 0.4) is 0 Å². The first-order chi connectivity index (χ1) is 11.6. The number of carbonyl (C=O) groups excluding carboxylic acids is 1. The Morgan fingerprint density at radius 2 is 1.92 bits per heavy atom. The van der Waals surface area contributed by atoms with Crippen LogP contribution in [0.4, 0.5) is 4.39 Å². The highest BCUT2D eigenvalue weighted by atomic mass is 19.1. The van der Waals surface area contributed by atoms with Crippen LogP contribution in [-0.2, 0) is 14.1 Å². The van der Waals surface area contributed by atoms with E-state index >= 15 is 0 Å². The summed E-state index contributed by atoms with van der Waals surface area (Å²) in [5.74, 6) is -0.653. The first-order valence-corrected chi connectivity index (χ1v) is 8.06. The highest BCUT2D eigenvalue weighted by Crippen LogP contribution is 2.38. The summed E-state index contributed by atoms with van der Waals surface area (Å²) in [6.07, 6.45) is 1.64. The zero-order valence-corrected chi connectivity index (χ0v) is 15.1. The van der Waals surface area contributed by atoms with Gasteiger partial charge in [-0.1, -0.05) is 6.08 Å². The molecule has 0 aliphatic carbocycles. The molecule has 1 aliphatic heterocycles. The van der Waals surface area contributed by atoms with E-state index in [2.05, 4.69) is 5.32 Å². The molecule has 25 heavy (non-hydrogen) atoms. The van der Waals surface area contributed by atoms with E-state index in [0.717, 1.165) is 0 Å². The van der Waals surface area contributed by atoms with Gasteiger partial charge in [-0.2, -0.15) is 5.26 Å². The smallest absolute Gasteiger partial charge is 0.400 e. The highest BCUT2D eigenvalue weighted by molar-refractivity contribution is 6.56. The Labute approximate surface area is 148 Å². The molecule has 0 radical (unpaired) electrons. The molecule has 1 aromatic rings. The second-order valence-corrected chi connectivity index (χ2v) is 7.06. The van der Waals surface area contributed by atoms with Crippen molar-refractivity contribution in [1.82, 2.24) is 5.32 Å². The molecule has 1 aromatic carbocycles. The summed E-state index contributed by atoms with van der Waals surface area (Å²) < 4.78 is 25.6. The summed E-state index contributed by atoms with van der Waals surface area (Å²) in [6.45, 7) is 9.27. The van der Waals surface area contributed by atoms with Crippen molar-refractivity contribution < 1.29 is 18.5 Å². The molecule has 2 rings (SSSR count). The molecule has 1 aliphatic rings. The standard InChI is InChI=1S/C18H22BFN2O3/c1-12(23)22-11-15(19-24-17(2,3)18(4,5)25-19)8-14-9-16(20)7-6-13(14)10-21/h6-9H,11H2,1-5H3,(H,22,23). The third kappa shape index (κ3) is 4.27. The molecular formula is C18H22BFN2O3. The van der Waals surface area contributed by atoms with Gasteiger partial charge in [0.05, 0.1) is 22.8 Å². The molecule has 7 heteroatoms. The van der Waals surface area contributed by atoms with E-state index in [1.807, 2.05) is 33.8 Å². The number of nitrogens with one attached hydrogen (secondary N) is 1. The number of nitriles is 1. The number of halogens is 1. The summed E-state index contributed by atoms with van der Waals surface area (Å²) in [6, 6.07) is 5.96. The number of nitrogens with zero attached hydrogens (tertiary/aromatic N) is 1. The molecule has 132 valence electrons. The van der Waals surface area contributed by atoms with Crippen molar-refractivity contribution in [2.24, 2.45) is 0 Å². The van der Waals surface area contributed by atoms with Crippen LogP contribution < -0.4 is 5.32 Å². The lowest BCUT2D eigenvalue weighted by Gasteiger charge is -2.32. The van der Waals surface area contributed by atoms with E-state index in [1.165, 1.54) is 25.1 Å². The van der Waals surface area contributed by atoms with Gasteiger partial charge in [0, 0.05) is 13.5 Å². The van der Waals surface area contributed by atoms with E-state index in [9.17, 15) is 14.4 Å². The summed E-state index contributed by atoms with van der Waals surface area (Å²) >= 11 is 0. The molecular weight excluding hydrogens is 322 g/mol. The first kappa shape index (κ1) is 19.2. The lowest BCUT2D eigenvalue weighted by molar-refractivity contribution is -0.118. The molecule has 5 nitrogen and oxygen atoms in total. The van der Waals surface area contributed by atoms with Crippen molar-refractivity contribution in [3.05, 3.63) is 40.6 Å². The predicted octanol–water partition coefficient (Wildman–Crippen LogP) is 2.85. The van der Waals surface area contributed by atoms with Gasteiger partial charge in [-0.25, -0.2) is 4.39 Å². The van der Waals surface area contributed by atoms with Gasteiger partial charge in [-0.15, -0.1) is 0 Å². The largest absolute Gasteiger partial charge is 0.492 e. The highest BCUT2D eigenvalue weighted by Gasteiger charge is 2.52.